The van der Waals surface area contributed by atoms with Crippen molar-refractivity contribution in [2.24, 2.45) is 0 Å². The minimum absolute atomic E-state index is 0.0942. The van der Waals surface area contributed by atoms with Crippen molar-refractivity contribution in [2.45, 2.75) is 25.7 Å². The predicted octanol–water partition coefficient (Wildman–Crippen LogP) is 6.24. The van der Waals surface area contributed by atoms with Gasteiger partial charge in [0, 0.05) is 18.2 Å². The van der Waals surface area contributed by atoms with E-state index in [2.05, 4.69) is 12.2 Å². The van der Waals surface area contributed by atoms with Gasteiger partial charge in [0.1, 0.15) is 11.5 Å². The first-order valence-electron chi connectivity index (χ1n) is 9.53. The topological polar surface area (TPSA) is 30.5 Å². The summed E-state index contributed by atoms with van der Waals surface area (Å²) in [5.41, 5.74) is 2.85. The van der Waals surface area contributed by atoms with Gasteiger partial charge in [-0.1, -0.05) is 30.3 Å². The molecule has 1 N–H and O–H groups in total. The van der Waals surface area contributed by atoms with Crippen LogP contribution in [0.3, 0.4) is 0 Å². The van der Waals surface area contributed by atoms with Gasteiger partial charge in [-0.3, -0.25) is 0 Å². The van der Waals surface area contributed by atoms with Crippen molar-refractivity contribution < 1.29 is 22.6 Å². The van der Waals surface area contributed by atoms with Gasteiger partial charge >= 0.3 is 6.18 Å². The molecule has 0 fully saturated rings. The Labute approximate surface area is 174 Å². The zero-order chi connectivity index (χ0) is 21.7. The zero-order valence-electron chi connectivity index (χ0n) is 17.1. The first-order chi connectivity index (χ1) is 14.3. The molecule has 0 bridgehead atoms. The third kappa shape index (κ3) is 5.13. The van der Waals surface area contributed by atoms with E-state index in [4.69, 9.17) is 9.47 Å². The zero-order valence-corrected chi connectivity index (χ0v) is 17.1. The van der Waals surface area contributed by atoms with E-state index in [-0.39, 0.29) is 6.04 Å². The smallest absolute Gasteiger partial charge is 0.416 e. The Morgan fingerprint density at radius 2 is 1.63 bits per heavy atom. The van der Waals surface area contributed by atoms with E-state index in [9.17, 15) is 13.2 Å². The molecule has 0 aliphatic carbocycles. The van der Waals surface area contributed by atoms with Gasteiger partial charge < -0.3 is 14.8 Å². The molecule has 0 aromatic heterocycles. The van der Waals surface area contributed by atoms with Gasteiger partial charge in [-0.05, 0) is 60.0 Å². The van der Waals surface area contributed by atoms with E-state index in [1.54, 1.807) is 14.2 Å². The first-order valence-corrected chi connectivity index (χ1v) is 9.53. The number of methoxy groups -OCH3 is 2. The van der Waals surface area contributed by atoms with Crippen LogP contribution < -0.4 is 14.8 Å². The average molecular weight is 415 g/mol. The summed E-state index contributed by atoms with van der Waals surface area (Å²) in [6, 6.07) is 18.8. The molecular weight excluding hydrogens is 391 g/mol. The van der Waals surface area contributed by atoms with Crippen LogP contribution in [-0.2, 0) is 12.7 Å². The number of alkyl halides is 3. The summed E-state index contributed by atoms with van der Waals surface area (Å²) in [6.45, 7) is 2.66. The van der Waals surface area contributed by atoms with Crippen molar-refractivity contribution >= 4 is 0 Å². The monoisotopic (exact) mass is 415 g/mol. The average Bonchev–Trinajstić information content (AvgIpc) is 2.76. The van der Waals surface area contributed by atoms with Crippen LogP contribution in [0, 0.1) is 0 Å². The highest BCUT2D eigenvalue weighted by atomic mass is 19.4. The molecule has 0 amide bonds. The lowest BCUT2D eigenvalue weighted by molar-refractivity contribution is -0.137. The van der Waals surface area contributed by atoms with Gasteiger partial charge in [0.15, 0.2) is 0 Å². The Hall–Kier alpha value is -2.99. The van der Waals surface area contributed by atoms with Crippen LogP contribution in [0.4, 0.5) is 13.2 Å². The number of rotatable bonds is 7. The number of hydrogen-bond donors (Lipinski definition) is 1. The number of ether oxygens (including phenoxy) is 2. The van der Waals surface area contributed by atoms with E-state index >= 15 is 0 Å². The molecule has 0 aliphatic rings. The normalized spacial score (nSPS) is 12.5. The molecule has 1 unspecified atom stereocenters. The Bertz CT molecular complexity index is 984. The fourth-order valence-electron chi connectivity index (χ4n) is 3.23. The molecule has 0 heterocycles. The third-order valence-electron chi connectivity index (χ3n) is 4.99. The largest absolute Gasteiger partial charge is 0.497 e. The summed E-state index contributed by atoms with van der Waals surface area (Å²) in [5, 5.41) is 3.47. The SMILES string of the molecule is COc1cccc(C(C)NCc2ccc(OC)c(-c3ccc(C(F)(F)F)cc3)c2)c1. The lowest BCUT2D eigenvalue weighted by Gasteiger charge is -2.17. The van der Waals surface area contributed by atoms with E-state index in [0.717, 1.165) is 34.6 Å². The number of nitrogens with one attached hydrogen (secondary N) is 1. The van der Waals surface area contributed by atoms with Gasteiger partial charge in [0.25, 0.3) is 0 Å². The van der Waals surface area contributed by atoms with E-state index in [0.29, 0.717) is 17.9 Å². The Morgan fingerprint density at radius 1 is 0.900 bits per heavy atom. The molecule has 0 radical (unpaired) electrons. The summed E-state index contributed by atoms with van der Waals surface area (Å²) >= 11 is 0. The highest BCUT2D eigenvalue weighted by molar-refractivity contribution is 5.71. The maximum atomic E-state index is 12.9. The van der Waals surface area contributed by atoms with Gasteiger partial charge in [-0.15, -0.1) is 0 Å². The minimum atomic E-state index is -4.36. The molecule has 1 atom stereocenters. The maximum absolute atomic E-state index is 12.9. The van der Waals surface area contributed by atoms with Crippen molar-refractivity contribution in [1.29, 1.82) is 0 Å². The van der Waals surface area contributed by atoms with Crippen LogP contribution in [0.1, 0.15) is 29.7 Å². The second-order valence-electron chi connectivity index (χ2n) is 6.99. The molecule has 3 aromatic rings. The lowest BCUT2D eigenvalue weighted by Crippen LogP contribution is -2.18. The summed E-state index contributed by atoms with van der Waals surface area (Å²) in [5.74, 6) is 1.41. The van der Waals surface area contributed by atoms with Crippen molar-refractivity contribution in [3.8, 4) is 22.6 Å². The van der Waals surface area contributed by atoms with Gasteiger partial charge in [0.2, 0.25) is 0 Å². The minimum Gasteiger partial charge on any atom is -0.497 e. The summed E-state index contributed by atoms with van der Waals surface area (Å²) in [4.78, 5) is 0. The van der Waals surface area contributed by atoms with Crippen molar-refractivity contribution in [3.05, 3.63) is 83.4 Å². The number of halogens is 3. The lowest BCUT2D eigenvalue weighted by atomic mass is 10.00. The molecule has 0 saturated heterocycles. The third-order valence-corrected chi connectivity index (χ3v) is 4.99. The van der Waals surface area contributed by atoms with E-state index < -0.39 is 11.7 Å². The van der Waals surface area contributed by atoms with Gasteiger partial charge in [0.05, 0.1) is 19.8 Å². The van der Waals surface area contributed by atoms with Crippen molar-refractivity contribution in [2.75, 3.05) is 14.2 Å². The van der Waals surface area contributed by atoms with Crippen LogP contribution in [0.15, 0.2) is 66.7 Å². The molecule has 0 aliphatic heterocycles. The van der Waals surface area contributed by atoms with E-state index in [1.807, 2.05) is 42.5 Å². The molecule has 0 spiro atoms. The molecule has 3 nitrogen and oxygen atoms in total. The molecule has 3 aromatic carbocycles. The van der Waals surface area contributed by atoms with E-state index in [1.165, 1.54) is 12.1 Å². The van der Waals surface area contributed by atoms with Crippen molar-refractivity contribution in [3.63, 3.8) is 0 Å². The van der Waals surface area contributed by atoms with Crippen LogP contribution in [0.2, 0.25) is 0 Å². The quantitative estimate of drug-likeness (QED) is 0.495. The summed E-state index contributed by atoms with van der Waals surface area (Å²) in [6.07, 6.45) is -4.36. The Morgan fingerprint density at radius 3 is 2.27 bits per heavy atom. The maximum Gasteiger partial charge on any atom is 0.416 e. The highest BCUT2D eigenvalue weighted by Gasteiger charge is 2.30. The number of hydrogen-bond acceptors (Lipinski definition) is 3. The summed E-state index contributed by atoms with van der Waals surface area (Å²) < 4.78 is 49.3. The van der Waals surface area contributed by atoms with Gasteiger partial charge in [-0.25, -0.2) is 0 Å². The summed E-state index contributed by atoms with van der Waals surface area (Å²) in [7, 11) is 3.18. The molecule has 30 heavy (non-hydrogen) atoms. The fourth-order valence-corrected chi connectivity index (χ4v) is 3.23. The van der Waals surface area contributed by atoms with Gasteiger partial charge in [-0.2, -0.15) is 13.2 Å². The molecular formula is C24H24F3NO2. The Kier molecular flexibility index (Phi) is 6.67. The Balaban J connectivity index is 1.79. The highest BCUT2D eigenvalue weighted by Crippen LogP contribution is 2.34. The standard InChI is InChI=1S/C24H24F3NO2/c1-16(19-5-4-6-21(14-19)29-2)28-15-17-7-12-23(30-3)22(13-17)18-8-10-20(11-9-18)24(25,26)27/h4-14,16,28H,15H2,1-3H3. The van der Waals surface area contributed by atoms with Crippen LogP contribution >= 0.6 is 0 Å². The van der Waals surface area contributed by atoms with Crippen LogP contribution in [0.25, 0.3) is 11.1 Å². The van der Waals surface area contributed by atoms with Crippen molar-refractivity contribution in [1.82, 2.24) is 5.32 Å². The molecule has 0 saturated carbocycles. The molecule has 158 valence electrons. The predicted molar refractivity (Wildman–Crippen MR) is 112 cm³/mol. The van der Waals surface area contributed by atoms with Crippen LogP contribution in [0.5, 0.6) is 11.5 Å². The van der Waals surface area contributed by atoms with Crippen LogP contribution in [-0.4, -0.2) is 14.2 Å². The molecule has 3 rings (SSSR count). The fraction of sp³-hybridized carbons (Fsp3) is 0.250. The number of benzene rings is 3. The molecule has 6 heteroatoms. The second-order valence-corrected chi connectivity index (χ2v) is 6.99. The first kappa shape index (κ1) is 21.7. The second kappa shape index (κ2) is 9.22.